The lowest BCUT2D eigenvalue weighted by atomic mass is 10.1. The maximum atomic E-state index is 3.53. The van der Waals surface area contributed by atoms with E-state index in [4.69, 9.17) is 0 Å². The highest BCUT2D eigenvalue weighted by molar-refractivity contribution is 5.42. The van der Waals surface area contributed by atoms with Crippen LogP contribution in [0.5, 0.6) is 0 Å². The molecular weight excluding hydrogens is 246 g/mol. The van der Waals surface area contributed by atoms with Crippen molar-refractivity contribution in [2.75, 3.05) is 45.6 Å². The fourth-order valence-corrected chi connectivity index (χ4v) is 2.24. The molecule has 0 fully saturated rings. The molecule has 1 aromatic carbocycles. The standard InChI is InChI=1S/C17H31N3/c1-15(2)14-20(12-11-19(4)5)16(3)13-18-17-9-7-6-8-10-17/h6-10,15-16,18H,11-14H2,1-5H3. The van der Waals surface area contributed by atoms with Crippen molar-refractivity contribution in [3.05, 3.63) is 30.3 Å². The molecule has 0 spiro atoms. The zero-order chi connectivity index (χ0) is 15.0. The first-order chi connectivity index (χ1) is 9.49. The number of rotatable bonds is 9. The maximum absolute atomic E-state index is 3.53. The average Bonchev–Trinajstić information content (AvgIpc) is 2.41. The molecule has 0 amide bonds. The van der Waals surface area contributed by atoms with E-state index in [1.165, 1.54) is 5.69 Å². The summed E-state index contributed by atoms with van der Waals surface area (Å²) < 4.78 is 0. The predicted octanol–water partition coefficient (Wildman–Crippen LogP) is 3.01. The zero-order valence-electron chi connectivity index (χ0n) is 13.8. The number of benzene rings is 1. The molecule has 0 saturated carbocycles. The van der Waals surface area contributed by atoms with Crippen LogP contribution in [-0.4, -0.2) is 56.1 Å². The maximum Gasteiger partial charge on any atom is 0.0340 e. The lowest BCUT2D eigenvalue weighted by molar-refractivity contribution is 0.176. The van der Waals surface area contributed by atoms with Gasteiger partial charge >= 0.3 is 0 Å². The van der Waals surface area contributed by atoms with Gasteiger partial charge < -0.3 is 10.2 Å². The Bertz CT molecular complexity index is 349. The molecule has 0 aliphatic heterocycles. The largest absolute Gasteiger partial charge is 0.383 e. The number of para-hydroxylation sites is 1. The van der Waals surface area contributed by atoms with Gasteiger partial charge in [0, 0.05) is 37.9 Å². The summed E-state index contributed by atoms with van der Waals surface area (Å²) in [5, 5.41) is 3.53. The Kier molecular flexibility index (Phi) is 7.63. The van der Waals surface area contributed by atoms with Crippen LogP contribution in [0.1, 0.15) is 20.8 Å². The van der Waals surface area contributed by atoms with E-state index >= 15 is 0 Å². The smallest absolute Gasteiger partial charge is 0.0340 e. The first-order valence-corrected chi connectivity index (χ1v) is 7.66. The topological polar surface area (TPSA) is 18.5 Å². The number of anilines is 1. The molecule has 3 nitrogen and oxygen atoms in total. The molecule has 1 unspecified atom stereocenters. The van der Waals surface area contributed by atoms with Crippen molar-refractivity contribution in [3.8, 4) is 0 Å². The highest BCUT2D eigenvalue weighted by atomic mass is 15.2. The molecule has 0 aromatic heterocycles. The summed E-state index contributed by atoms with van der Waals surface area (Å²) in [6.07, 6.45) is 0. The summed E-state index contributed by atoms with van der Waals surface area (Å²) in [7, 11) is 4.28. The molecule has 20 heavy (non-hydrogen) atoms. The quantitative estimate of drug-likeness (QED) is 0.748. The molecule has 3 heteroatoms. The monoisotopic (exact) mass is 277 g/mol. The van der Waals surface area contributed by atoms with Gasteiger partial charge in [0.2, 0.25) is 0 Å². The molecule has 0 heterocycles. The highest BCUT2D eigenvalue weighted by Gasteiger charge is 2.15. The van der Waals surface area contributed by atoms with Crippen molar-refractivity contribution in [1.29, 1.82) is 0 Å². The molecule has 1 rings (SSSR count). The van der Waals surface area contributed by atoms with Crippen LogP contribution in [0.2, 0.25) is 0 Å². The van der Waals surface area contributed by atoms with Crippen molar-refractivity contribution in [1.82, 2.24) is 9.80 Å². The minimum absolute atomic E-state index is 0.539. The fraction of sp³-hybridized carbons (Fsp3) is 0.647. The van der Waals surface area contributed by atoms with Gasteiger partial charge in [-0.05, 0) is 39.1 Å². The van der Waals surface area contributed by atoms with E-state index in [1.54, 1.807) is 0 Å². The van der Waals surface area contributed by atoms with E-state index in [0.717, 1.165) is 26.2 Å². The van der Waals surface area contributed by atoms with Crippen LogP contribution in [0.4, 0.5) is 5.69 Å². The average molecular weight is 277 g/mol. The van der Waals surface area contributed by atoms with E-state index in [1.807, 2.05) is 0 Å². The van der Waals surface area contributed by atoms with Gasteiger partial charge in [-0.2, -0.15) is 0 Å². The van der Waals surface area contributed by atoms with Crippen LogP contribution in [0, 0.1) is 5.92 Å². The third kappa shape index (κ3) is 6.92. The predicted molar refractivity (Wildman–Crippen MR) is 89.4 cm³/mol. The Morgan fingerprint density at radius 2 is 1.65 bits per heavy atom. The normalized spacial score (nSPS) is 13.2. The lowest BCUT2D eigenvalue weighted by Gasteiger charge is -2.32. The minimum atomic E-state index is 0.539. The van der Waals surface area contributed by atoms with Crippen LogP contribution in [-0.2, 0) is 0 Å². The van der Waals surface area contributed by atoms with Crippen molar-refractivity contribution in [2.24, 2.45) is 5.92 Å². The number of likely N-dealkylation sites (N-methyl/N-ethyl adjacent to an activating group) is 1. The summed E-state index contributed by atoms with van der Waals surface area (Å²) in [5.74, 6) is 0.705. The van der Waals surface area contributed by atoms with E-state index in [0.29, 0.717) is 12.0 Å². The lowest BCUT2D eigenvalue weighted by Crippen LogP contribution is -2.43. The minimum Gasteiger partial charge on any atom is -0.383 e. The molecule has 1 atom stereocenters. The molecule has 0 aliphatic carbocycles. The van der Waals surface area contributed by atoms with Crippen LogP contribution in [0.25, 0.3) is 0 Å². The van der Waals surface area contributed by atoms with Gasteiger partial charge in [-0.1, -0.05) is 32.0 Å². The molecule has 1 aromatic rings. The molecule has 0 aliphatic rings. The van der Waals surface area contributed by atoms with Crippen LogP contribution < -0.4 is 5.32 Å². The van der Waals surface area contributed by atoms with Gasteiger partial charge in [-0.3, -0.25) is 4.90 Å². The van der Waals surface area contributed by atoms with Crippen molar-refractivity contribution < 1.29 is 0 Å². The molecule has 0 bridgehead atoms. The number of nitrogens with one attached hydrogen (secondary N) is 1. The van der Waals surface area contributed by atoms with Gasteiger partial charge in [0.1, 0.15) is 0 Å². The SMILES string of the molecule is CC(C)CN(CCN(C)C)C(C)CNc1ccccc1. The van der Waals surface area contributed by atoms with Gasteiger partial charge in [-0.25, -0.2) is 0 Å². The van der Waals surface area contributed by atoms with E-state index in [2.05, 4.69) is 80.3 Å². The van der Waals surface area contributed by atoms with Gasteiger partial charge in [0.05, 0.1) is 0 Å². The number of hydrogen-bond donors (Lipinski definition) is 1. The zero-order valence-corrected chi connectivity index (χ0v) is 13.8. The van der Waals surface area contributed by atoms with Gasteiger partial charge in [-0.15, -0.1) is 0 Å². The molecule has 114 valence electrons. The van der Waals surface area contributed by atoms with Gasteiger partial charge in [0.15, 0.2) is 0 Å². The van der Waals surface area contributed by atoms with Crippen LogP contribution in [0.15, 0.2) is 30.3 Å². The van der Waals surface area contributed by atoms with Crippen LogP contribution >= 0.6 is 0 Å². The van der Waals surface area contributed by atoms with E-state index < -0.39 is 0 Å². The molecule has 0 saturated heterocycles. The van der Waals surface area contributed by atoms with Crippen molar-refractivity contribution in [2.45, 2.75) is 26.8 Å². The number of hydrogen-bond acceptors (Lipinski definition) is 3. The Hall–Kier alpha value is -1.06. The summed E-state index contributed by atoms with van der Waals surface area (Å²) >= 11 is 0. The Morgan fingerprint density at radius 3 is 2.20 bits per heavy atom. The second-order valence-electron chi connectivity index (χ2n) is 6.29. The summed E-state index contributed by atoms with van der Waals surface area (Å²) in [5.41, 5.74) is 1.21. The Morgan fingerprint density at radius 1 is 1.00 bits per heavy atom. The second kappa shape index (κ2) is 8.98. The fourth-order valence-electron chi connectivity index (χ4n) is 2.24. The number of nitrogens with zero attached hydrogens (tertiary/aromatic N) is 2. The summed E-state index contributed by atoms with van der Waals surface area (Å²) in [4.78, 5) is 4.84. The van der Waals surface area contributed by atoms with Crippen molar-refractivity contribution in [3.63, 3.8) is 0 Å². The Balaban J connectivity index is 2.47. The first kappa shape index (κ1) is 17.0. The summed E-state index contributed by atoms with van der Waals surface area (Å²) in [6.45, 7) is 11.3. The second-order valence-corrected chi connectivity index (χ2v) is 6.29. The molecule has 1 N–H and O–H groups in total. The van der Waals surface area contributed by atoms with Crippen molar-refractivity contribution >= 4 is 5.69 Å². The highest BCUT2D eigenvalue weighted by Crippen LogP contribution is 2.08. The van der Waals surface area contributed by atoms with E-state index in [-0.39, 0.29) is 0 Å². The van der Waals surface area contributed by atoms with E-state index in [9.17, 15) is 0 Å². The van der Waals surface area contributed by atoms with Crippen LogP contribution in [0.3, 0.4) is 0 Å². The summed E-state index contributed by atoms with van der Waals surface area (Å²) in [6, 6.07) is 11.0. The third-order valence-electron chi connectivity index (χ3n) is 3.43. The third-order valence-corrected chi connectivity index (χ3v) is 3.43. The molecular formula is C17H31N3. The molecule has 0 radical (unpaired) electrons. The first-order valence-electron chi connectivity index (χ1n) is 7.66. The van der Waals surface area contributed by atoms with Gasteiger partial charge in [0.25, 0.3) is 0 Å². The Labute approximate surface area is 125 Å².